The average molecular weight is 252 g/mol. The molecule has 96 valence electrons. The van der Waals surface area contributed by atoms with Gasteiger partial charge in [-0.05, 0) is 26.0 Å². The van der Waals surface area contributed by atoms with Gasteiger partial charge in [0.1, 0.15) is 17.2 Å². The molecule has 1 aromatic heterocycles. The number of hydrogen-bond acceptors (Lipinski definition) is 5. The van der Waals surface area contributed by atoms with Crippen molar-refractivity contribution in [2.24, 2.45) is 0 Å². The Morgan fingerprint density at radius 1 is 1.39 bits per heavy atom. The van der Waals surface area contributed by atoms with Gasteiger partial charge in [-0.15, -0.1) is 0 Å². The Morgan fingerprint density at radius 3 is 2.72 bits per heavy atom. The molecular formula is C12H13FN2O3. The van der Waals surface area contributed by atoms with Crippen molar-refractivity contribution in [1.82, 2.24) is 10.1 Å². The molecule has 1 aromatic carbocycles. The van der Waals surface area contributed by atoms with Crippen LogP contribution in [-0.2, 0) is 10.3 Å². The molecule has 2 aromatic rings. The lowest BCUT2D eigenvalue weighted by molar-refractivity contribution is 0.00973. The molecule has 0 spiro atoms. The number of benzene rings is 1. The fourth-order valence-corrected chi connectivity index (χ4v) is 1.35. The number of rotatable bonds is 3. The number of halogens is 1. The highest BCUT2D eigenvalue weighted by molar-refractivity contribution is 5.61. The average Bonchev–Trinajstić information content (AvgIpc) is 2.79. The fraction of sp³-hybridized carbons (Fsp3) is 0.333. The first-order valence-electron chi connectivity index (χ1n) is 5.32. The van der Waals surface area contributed by atoms with Gasteiger partial charge in [0, 0.05) is 13.2 Å². The van der Waals surface area contributed by atoms with Crippen molar-refractivity contribution in [3.63, 3.8) is 0 Å². The monoisotopic (exact) mass is 252 g/mol. The van der Waals surface area contributed by atoms with Gasteiger partial charge in [-0.3, -0.25) is 0 Å². The van der Waals surface area contributed by atoms with Gasteiger partial charge in [0.25, 0.3) is 5.89 Å². The molecule has 0 radical (unpaired) electrons. The molecule has 0 aliphatic rings. The minimum atomic E-state index is -0.697. The predicted molar refractivity (Wildman–Crippen MR) is 61.4 cm³/mol. The highest BCUT2D eigenvalue weighted by atomic mass is 19.1. The van der Waals surface area contributed by atoms with E-state index in [-0.39, 0.29) is 17.2 Å². The summed E-state index contributed by atoms with van der Waals surface area (Å²) in [5, 5.41) is 13.4. The zero-order valence-corrected chi connectivity index (χ0v) is 10.3. The quantitative estimate of drug-likeness (QED) is 0.908. The highest BCUT2D eigenvalue weighted by Gasteiger charge is 2.27. The van der Waals surface area contributed by atoms with Crippen molar-refractivity contribution in [3.8, 4) is 17.2 Å². The molecule has 0 fully saturated rings. The first-order valence-corrected chi connectivity index (χ1v) is 5.32. The van der Waals surface area contributed by atoms with E-state index in [0.29, 0.717) is 5.82 Å². The Morgan fingerprint density at radius 2 is 2.11 bits per heavy atom. The number of aromatic hydroxyl groups is 1. The Bertz CT molecular complexity index is 566. The second-order valence-electron chi connectivity index (χ2n) is 4.30. The molecule has 1 N–H and O–H groups in total. The lowest BCUT2D eigenvalue weighted by Gasteiger charge is -2.17. The van der Waals surface area contributed by atoms with Crippen molar-refractivity contribution < 1.29 is 18.8 Å². The summed E-state index contributed by atoms with van der Waals surface area (Å²) in [6.07, 6.45) is 0. The van der Waals surface area contributed by atoms with Crippen LogP contribution < -0.4 is 0 Å². The van der Waals surface area contributed by atoms with E-state index in [0.717, 1.165) is 6.07 Å². The van der Waals surface area contributed by atoms with E-state index in [9.17, 15) is 9.50 Å². The maximum atomic E-state index is 12.9. The van der Waals surface area contributed by atoms with Crippen molar-refractivity contribution >= 4 is 0 Å². The van der Waals surface area contributed by atoms with Gasteiger partial charge in [0.05, 0.1) is 5.56 Å². The van der Waals surface area contributed by atoms with E-state index in [1.54, 1.807) is 13.8 Å². The summed E-state index contributed by atoms with van der Waals surface area (Å²) >= 11 is 0. The fourth-order valence-electron chi connectivity index (χ4n) is 1.35. The molecule has 2 rings (SSSR count). The summed E-state index contributed by atoms with van der Waals surface area (Å²) in [5.41, 5.74) is -0.417. The molecule has 0 aliphatic carbocycles. The summed E-state index contributed by atoms with van der Waals surface area (Å²) in [7, 11) is 1.53. The van der Waals surface area contributed by atoms with E-state index < -0.39 is 11.4 Å². The van der Waals surface area contributed by atoms with Gasteiger partial charge in [-0.2, -0.15) is 4.98 Å². The summed E-state index contributed by atoms with van der Waals surface area (Å²) in [6.45, 7) is 3.57. The van der Waals surface area contributed by atoms with Crippen LogP contribution >= 0.6 is 0 Å². The van der Waals surface area contributed by atoms with Crippen LogP contribution in [0.3, 0.4) is 0 Å². The van der Waals surface area contributed by atoms with Gasteiger partial charge in [-0.1, -0.05) is 5.16 Å². The van der Waals surface area contributed by atoms with E-state index in [1.807, 2.05) is 0 Å². The molecule has 6 heteroatoms. The lowest BCUT2D eigenvalue weighted by atomic mass is 10.1. The first-order chi connectivity index (χ1) is 8.44. The van der Waals surface area contributed by atoms with Crippen LogP contribution in [0.25, 0.3) is 11.5 Å². The molecule has 0 saturated heterocycles. The molecule has 1 heterocycles. The lowest BCUT2D eigenvalue weighted by Crippen LogP contribution is -2.21. The van der Waals surface area contributed by atoms with Crippen molar-refractivity contribution in [3.05, 3.63) is 29.8 Å². The summed E-state index contributed by atoms with van der Waals surface area (Å²) in [4.78, 5) is 4.13. The predicted octanol–water partition coefficient (Wildman–Crippen LogP) is 2.46. The van der Waals surface area contributed by atoms with Crippen LogP contribution in [-0.4, -0.2) is 22.4 Å². The number of hydrogen-bond donors (Lipinski definition) is 1. The van der Waals surface area contributed by atoms with Crippen LogP contribution in [0.15, 0.2) is 22.7 Å². The normalized spacial score (nSPS) is 11.8. The van der Waals surface area contributed by atoms with Crippen molar-refractivity contribution in [2.75, 3.05) is 7.11 Å². The molecular weight excluding hydrogens is 239 g/mol. The molecule has 5 nitrogen and oxygen atoms in total. The molecule has 0 amide bonds. The zero-order valence-electron chi connectivity index (χ0n) is 10.3. The van der Waals surface area contributed by atoms with Gasteiger partial charge >= 0.3 is 0 Å². The molecule has 0 aliphatic heterocycles. The Labute approximate surface area is 103 Å². The highest BCUT2D eigenvalue weighted by Crippen LogP contribution is 2.30. The Kier molecular flexibility index (Phi) is 3.04. The topological polar surface area (TPSA) is 68.4 Å². The van der Waals surface area contributed by atoms with Gasteiger partial charge in [0.15, 0.2) is 0 Å². The maximum absolute atomic E-state index is 12.9. The SMILES string of the molecule is COC(C)(C)c1noc(-c2ccc(F)cc2O)n1. The second kappa shape index (κ2) is 4.38. The second-order valence-corrected chi connectivity index (χ2v) is 4.30. The molecule has 0 saturated carbocycles. The summed E-state index contributed by atoms with van der Waals surface area (Å²) < 4.78 is 23.1. The molecule has 18 heavy (non-hydrogen) atoms. The van der Waals surface area contributed by atoms with Crippen molar-refractivity contribution in [2.45, 2.75) is 19.4 Å². The Hall–Kier alpha value is -1.95. The number of nitrogens with zero attached hydrogens (tertiary/aromatic N) is 2. The van der Waals surface area contributed by atoms with Crippen LogP contribution in [0.5, 0.6) is 5.75 Å². The number of aromatic nitrogens is 2. The smallest absolute Gasteiger partial charge is 0.261 e. The first kappa shape index (κ1) is 12.5. The molecule has 0 unspecified atom stereocenters. The summed E-state index contributed by atoms with van der Waals surface area (Å²) in [5.74, 6) is -0.315. The number of phenols is 1. The molecule has 0 atom stereocenters. The largest absolute Gasteiger partial charge is 0.507 e. The number of ether oxygens (including phenoxy) is 1. The van der Waals surface area contributed by atoms with Crippen molar-refractivity contribution in [1.29, 1.82) is 0 Å². The minimum absolute atomic E-state index is 0.118. The van der Waals surface area contributed by atoms with Gasteiger partial charge in [-0.25, -0.2) is 4.39 Å². The van der Waals surface area contributed by atoms with E-state index in [2.05, 4.69) is 10.1 Å². The minimum Gasteiger partial charge on any atom is -0.507 e. The van der Waals surface area contributed by atoms with Crippen LogP contribution in [0.2, 0.25) is 0 Å². The Balaban J connectivity index is 2.41. The van der Waals surface area contributed by atoms with Crippen LogP contribution in [0, 0.1) is 5.82 Å². The zero-order chi connectivity index (χ0) is 13.3. The third kappa shape index (κ3) is 2.19. The van der Waals surface area contributed by atoms with Gasteiger partial charge < -0.3 is 14.4 Å². The number of phenolic OH excluding ortho intramolecular Hbond substituents is 1. The number of methoxy groups -OCH3 is 1. The van der Waals surface area contributed by atoms with E-state index >= 15 is 0 Å². The van der Waals surface area contributed by atoms with Crippen LogP contribution in [0.1, 0.15) is 19.7 Å². The van der Waals surface area contributed by atoms with Crippen LogP contribution in [0.4, 0.5) is 4.39 Å². The maximum Gasteiger partial charge on any atom is 0.261 e. The van der Waals surface area contributed by atoms with E-state index in [4.69, 9.17) is 9.26 Å². The standard InChI is InChI=1S/C12H13FN2O3/c1-12(2,17-3)11-14-10(18-15-11)8-5-4-7(13)6-9(8)16/h4-6,16H,1-3H3. The molecule has 0 bridgehead atoms. The van der Waals surface area contributed by atoms with Gasteiger partial charge in [0.2, 0.25) is 5.82 Å². The summed E-state index contributed by atoms with van der Waals surface area (Å²) in [6, 6.07) is 3.57. The third-order valence-corrected chi connectivity index (χ3v) is 2.67. The third-order valence-electron chi connectivity index (χ3n) is 2.67. The van der Waals surface area contributed by atoms with E-state index in [1.165, 1.54) is 19.2 Å².